The van der Waals surface area contributed by atoms with E-state index >= 15 is 0 Å². The maximum Gasteiger partial charge on any atom is 0.339 e. The fourth-order valence-corrected chi connectivity index (χ4v) is 4.17. The summed E-state index contributed by atoms with van der Waals surface area (Å²) in [7, 11) is 1.26. The minimum absolute atomic E-state index is 0.146. The predicted octanol–water partition coefficient (Wildman–Crippen LogP) is 5.31. The first-order valence-corrected chi connectivity index (χ1v) is 10.9. The number of rotatable bonds is 6. The molecule has 0 saturated carbocycles. The van der Waals surface area contributed by atoms with E-state index in [-0.39, 0.29) is 27.8 Å². The number of hydrogen-bond acceptors (Lipinski definition) is 7. The lowest BCUT2D eigenvalue weighted by atomic mass is 10.1. The number of imide groups is 1. The fraction of sp³-hybridized carbons (Fsp3) is 0.0833. The summed E-state index contributed by atoms with van der Waals surface area (Å²) < 4.78 is 10.5. The molecule has 0 radical (unpaired) electrons. The molecule has 0 bridgehead atoms. The highest BCUT2D eigenvalue weighted by atomic mass is 35.5. The normalized spacial score (nSPS) is 14.7. The van der Waals surface area contributed by atoms with Crippen molar-refractivity contribution in [2.24, 2.45) is 0 Å². The van der Waals surface area contributed by atoms with E-state index in [1.807, 2.05) is 0 Å². The zero-order valence-electron chi connectivity index (χ0n) is 17.2. The summed E-state index contributed by atoms with van der Waals surface area (Å²) in [6.07, 6.45) is 1.44. The summed E-state index contributed by atoms with van der Waals surface area (Å²) in [5.41, 5.74) is 1.20. The number of thioether (sulfide) groups is 1. The van der Waals surface area contributed by atoms with Crippen LogP contribution in [0.4, 0.5) is 4.79 Å². The van der Waals surface area contributed by atoms with Crippen LogP contribution in [0, 0.1) is 0 Å². The predicted molar refractivity (Wildman–Crippen MR) is 124 cm³/mol. The maximum absolute atomic E-state index is 12.7. The van der Waals surface area contributed by atoms with Gasteiger partial charge in [-0.25, -0.2) is 4.79 Å². The van der Waals surface area contributed by atoms with E-state index < -0.39 is 17.1 Å². The van der Waals surface area contributed by atoms with E-state index in [0.717, 1.165) is 16.7 Å². The van der Waals surface area contributed by atoms with Gasteiger partial charge in [-0.05, 0) is 42.1 Å². The minimum Gasteiger partial charge on any atom is -0.465 e. The number of esters is 1. The summed E-state index contributed by atoms with van der Waals surface area (Å²) in [6.45, 7) is -0.337. The third-order valence-electron chi connectivity index (χ3n) is 4.83. The highest BCUT2D eigenvalue weighted by Crippen LogP contribution is 2.34. The molecule has 1 aliphatic heterocycles. The van der Waals surface area contributed by atoms with Crippen molar-refractivity contribution in [1.82, 2.24) is 4.90 Å². The highest BCUT2D eigenvalue weighted by molar-refractivity contribution is 8.18. The lowest BCUT2D eigenvalue weighted by Gasteiger charge is -2.11. The molecule has 1 aliphatic rings. The van der Waals surface area contributed by atoms with Gasteiger partial charge in [0.25, 0.3) is 11.1 Å². The van der Waals surface area contributed by atoms with Gasteiger partial charge in [0.15, 0.2) is 5.78 Å². The molecule has 2 aromatic carbocycles. The number of methoxy groups -OCH3 is 1. The Bertz CT molecular complexity index is 1300. The van der Waals surface area contributed by atoms with Crippen molar-refractivity contribution >= 4 is 52.3 Å². The third kappa shape index (κ3) is 4.76. The summed E-state index contributed by atoms with van der Waals surface area (Å²) in [5, 5.41) is -0.279. The van der Waals surface area contributed by atoms with Gasteiger partial charge >= 0.3 is 5.97 Å². The van der Waals surface area contributed by atoms with Crippen LogP contribution in [0.1, 0.15) is 26.5 Å². The van der Waals surface area contributed by atoms with E-state index in [9.17, 15) is 19.2 Å². The Labute approximate surface area is 198 Å². The standard InChI is InChI=1S/C24H16ClNO6S/c1-31-23(29)17-11-15(7-9-18(17)25)20-10-8-16(32-20)12-21-22(28)26(24(30)33-21)13-19(27)14-5-3-2-4-6-14/h2-12H,13H2,1H3/b21-12+. The highest BCUT2D eigenvalue weighted by Gasteiger charge is 2.36. The second-order valence-corrected chi connectivity index (χ2v) is 8.35. The van der Waals surface area contributed by atoms with Gasteiger partial charge in [0.2, 0.25) is 0 Å². The molecular formula is C24H16ClNO6S. The SMILES string of the molecule is COC(=O)c1cc(-c2ccc(/C=C3/SC(=O)N(CC(=O)c4ccccc4)C3=O)o2)ccc1Cl. The Morgan fingerprint density at radius 3 is 2.58 bits per heavy atom. The average molecular weight is 482 g/mol. The first kappa shape index (κ1) is 22.6. The number of furan rings is 1. The largest absolute Gasteiger partial charge is 0.465 e. The molecule has 0 aliphatic carbocycles. The van der Waals surface area contributed by atoms with Crippen molar-refractivity contribution in [1.29, 1.82) is 0 Å². The van der Waals surface area contributed by atoms with Crippen LogP contribution in [-0.4, -0.2) is 41.5 Å². The van der Waals surface area contributed by atoms with Crippen molar-refractivity contribution < 1.29 is 28.3 Å². The van der Waals surface area contributed by atoms with Gasteiger partial charge in [-0.2, -0.15) is 0 Å². The van der Waals surface area contributed by atoms with Crippen LogP contribution in [0.15, 0.2) is 70.0 Å². The Morgan fingerprint density at radius 2 is 1.85 bits per heavy atom. The quantitative estimate of drug-likeness (QED) is 0.267. The van der Waals surface area contributed by atoms with Crippen LogP contribution in [-0.2, 0) is 9.53 Å². The van der Waals surface area contributed by atoms with Crippen LogP contribution < -0.4 is 0 Å². The van der Waals surface area contributed by atoms with Crippen LogP contribution in [0.2, 0.25) is 5.02 Å². The van der Waals surface area contributed by atoms with Crippen LogP contribution in [0.5, 0.6) is 0 Å². The van der Waals surface area contributed by atoms with Crippen LogP contribution >= 0.6 is 23.4 Å². The number of ether oxygens (including phenoxy) is 1. The van der Waals surface area contributed by atoms with Gasteiger partial charge in [-0.1, -0.05) is 41.9 Å². The molecule has 3 aromatic rings. The molecule has 33 heavy (non-hydrogen) atoms. The monoisotopic (exact) mass is 481 g/mol. The lowest BCUT2D eigenvalue weighted by molar-refractivity contribution is -0.122. The van der Waals surface area contributed by atoms with Crippen molar-refractivity contribution in [3.8, 4) is 11.3 Å². The number of halogens is 1. The topological polar surface area (TPSA) is 93.9 Å². The Morgan fingerprint density at radius 1 is 1.09 bits per heavy atom. The van der Waals surface area contributed by atoms with Crippen molar-refractivity contribution in [2.45, 2.75) is 0 Å². The first-order valence-electron chi connectivity index (χ1n) is 9.69. The smallest absolute Gasteiger partial charge is 0.339 e. The molecule has 2 amide bonds. The van der Waals surface area contributed by atoms with E-state index in [1.165, 1.54) is 13.2 Å². The number of amides is 2. The van der Waals surface area contributed by atoms with Crippen LogP contribution in [0.25, 0.3) is 17.4 Å². The van der Waals surface area contributed by atoms with Crippen LogP contribution in [0.3, 0.4) is 0 Å². The summed E-state index contributed by atoms with van der Waals surface area (Å²) >= 11 is 6.79. The number of hydrogen-bond donors (Lipinski definition) is 0. The molecular weight excluding hydrogens is 466 g/mol. The zero-order valence-corrected chi connectivity index (χ0v) is 18.8. The van der Waals surface area contributed by atoms with Gasteiger partial charge in [-0.15, -0.1) is 0 Å². The molecule has 166 valence electrons. The molecule has 7 nitrogen and oxygen atoms in total. The fourth-order valence-electron chi connectivity index (χ4n) is 3.15. The molecule has 0 spiro atoms. The van der Waals surface area contributed by atoms with E-state index in [0.29, 0.717) is 22.6 Å². The molecule has 0 atom stereocenters. The van der Waals surface area contributed by atoms with E-state index in [4.69, 9.17) is 20.8 Å². The molecule has 2 heterocycles. The van der Waals surface area contributed by atoms with Gasteiger partial charge in [0.05, 0.1) is 29.1 Å². The number of Topliss-reactive ketones (excluding diaryl/α,β-unsaturated/α-hetero) is 1. The Kier molecular flexibility index (Phi) is 6.48. The van der Waals surface area contributed by atoms with E-state index in [1.54, 1.807) is 60.7 Å². The molecule has 1 fully saturated rings. The number of ketones is 1. The minimum atomic E-state index is -0.577. The number of carbonyl (C=O) groups excluding carboxylic acids is 4. The zero-order chi connectivity index (χ0) is 23.5. The van der Waals surface area contributed by atoms with E-state index in [2.05, 4.69) is 0 Å². The number of carbonyl (C=O) groups is 4. The van der Waals surface area contributed by atoms with Gasteiger partial charge in [-0.3, -0.25) is 19.3 Å². The Hall–Kier alpha value is -3.62. The molecule has 1 aromatic heterocycles. The van der Waals surface area contributed by atoms with Gasteiger partial charge in [0.1, 0.15) is 11.5 Å². The number of nitrogens with zero attached hydrogens (tertiary/aromatic N) is 1. The molecule has 9 heteroatoms. The summed E-state index contributed by atoms with van der Waals surface area (Å²) in [4.78, 5) is 50.4. The molecule has 0 unspecified atom stereocenters. The third-order valence-corrected chi connectivity index (χ3v) is 6.06. The second-order valence-electron chi connectivity index (χ2n) is 6.95. The second kappa shape index (κ2) is 9.48. The summed E-state index contributed by atoms with van der Waals surface area (Å²) in [5.74, 6) is -0.705. The molecule has 1 saturated heterocycles. The lowest BCUT2D eigenvalue weighted by Crippen LogP contribution is -2.33. The van der Waals surface area contributed by atoms with Crippen molar-refractivity contribution in [2.75, 3.05) is 13.7 Å². The van der Waals surface area contributed by atoms with Crippen molar-refractivity contribution in [3.63, 3.8) is 0 Å². The molecule has 4 rings (SSSR count). The Balaban J connectivity index is 1.53. The maximum atomic E-state index is 12.7. The molecule has 0 N–H and O–H groups in total. The van der Waals surface area contributed by atoms with Gasteiger partial charge in [0, 0.05) is 17.2 Å². The van der Waals surface area contributed by atoms with Crippen molar-refractivity contribution in [3.05, 3.63) is 87.5 Å². The average Bonchev–Trinajstić information content (AvgIpc) is 3.39. The first-order chi connectivity index (χ1) is 15.9. The number of benzene rings is 2. The van der Waals surface area contributed by atoms with Gasteiger partial charge < -0.3 is 9.15 Å². The summed E-state index contributed by atoms with van der Waals surface area (Å²) in [6, 6.07) is 16.5.